The Bertz CT molecular complexity index is 685. The van der Waals surface area contributed by atoms with E-state index in [4.69, 9.17) is 9.26 Å². The van der Waals surface area contributed by atoms with Crippen molar-refractivity contribution in [3.05, 3.63) is 34.1 Å². The predicted molar refractivity (Wildman–Crippen MR) is 84.3 cm³/mol. The van der Waals surface area contributed by atoms with Crippen molar-refractivity contribution < 1.29 is 14.1 Å². The molecule has 0 bridgehead atoms. The van der Waals surface area contributed by atoms with Crippen LogP contribution in [0.15, 0.2) is 22.4 Å². The second kappa shape index (κ2) is 6.05. The molecule has 2 fully saturated rings. The largest absolute Gasteiger partial charge is 0.377 e. The summed E-state index contributed by atoms with van der Waals surface area (Å²) in [6.45, 7) is 4.27. The normalized spacial score (nSPS) is 27.2. The van der Waals surface area contributed by atoms with E-state index in [1.165, 1.54) is 12.5 Å². The van der Waals surface area contributed by atoms with E-state index in [1.54, 1.807) is 11.3 Å². The third-order valence-electron chi connectivity index (χ3n) is 4.80. The number of hydrogen-bond acceptors (Lipinski definition) is 6. The van der Waals surface area contributed by atoms with Gasteiger partial charge in [-0.1, -0.05) is 5.16 Å². The average Bonchev–Trinajstić information content (AvgIpc) is 3.28. The molecular weight excluding hydrogens is 314 g/mol. The Kier molecular flexibility index (Phi) is 3.90. The molecule has 0 unspecified atom stereocenters. The number of nitrogens with zero attached hydrogens (tertiary/aromatic N) is 3. The molecule has 2 saturated heterocycles. The Morgan fingerprint density at radius 3 is 3.17 bits per heavy atom. The number of carbonyl (C=O) groups is 1. The number of amides is 1. The molecule has 23 heavy (non-hydrogen) atoms. The minimum Gasteiger partial charge on any atom is -0.377 e. The summed E-state index contributed by atoms with van der Waals surface area (Å²) in [7, 11) is 0. The lowest BCUT2D eigenvalue weighted by molar-refractivity contribution is 0.0611. The van der Waals surface area contributed by atoms with Crippen LogP contribution in [0.2, 0.25) is 0 Å². The smallest absolute Gasteiger partial charge is 0.258 e. The summed E-state index contributed by atoms with van der Waals surface area (Å²) in [5, 5.41) is 6.85. The minimum absolute atomic E-state index is 0.00342. The monoisotopic (exact) mass is 333 g/mol. The number of carbonyl (C=O) groups excluding carboxylic acids is 1. The Labute approximate surface area is 138 Å². The highest BCUT2D eigenvalue weighted by molar-refractivity contribution is 7.09. The molecule has 0 spiro atoms. The standard InChI is InChI=1S/C16H19N3O3S/c1-10-9-23-15(18-10)4-14-13-2-3-19(6-12(13)7-21-14)16(20)11-5-17-22-8-11/h5,8-9,12-14H,2-4,6-7H2,1H3/t12-,13-,14-/m1/s1. The van der Waals surface area contributed by atoms with E-state index < -0.39 is 0 Å². The van der Waals surface area contributed by atoms with E-state index in [1.807, 2.05) is 11.8 Å². The first-order valence-corrected chi connectivity index (χ1v) is 8.80. The van der Waals surface area contributed by atoms with E-state index >= 15 is 0 Å². The van der Waals surface area contributed by atoms with Crippen LogP contribution in [0.25, 0.3) is 0 Å². The molecule has 2 aromatic heterocycles. The fourth-order valence-corrected chi connectivity index (χ4v) is 4.46. The molecule has 122 valence electrons. The van der Waals surface area contributed by atoms with Gasteiger partial charge in [0.15, 0.2) is 0 Å². The Hall–Kier alpha value is -1.73. The topological polar surface area (TPSA) is 68.5 Å². The third kappa shape index (κ3) is 2.90. The van der Waals surface area contributed by atoms with Crippen LogP contribution < -0.4 is 0 Å². The molecule has 4 rings (SSSR count). The summed E-state index contributed by atoms with van der Waals surface area (Å²) in [4.78, 5) is 18.8. The molecule has 1 amide bonds. The average molecular weight is 333 g/mol. The van der Waals surface area contributed by atoms with Crippen molar-refractivity contribution in [1.82, 2.24) is 15.0 Å². The van der Waals surface area contributed by atoms with Gasteiger partial charge in [-0.25, -0.2) is 4.98 Å². The summed E-state index contributed by atoms with van der Waals surface area (Å²) in [6, 6.07) is 0. The van der Waals surface area contributed by atoms with Crippen LogP contribution >= 0.6 is 11.3 Å². The van der Waals surface area contributed by atoms with Gasteiger partial charge in [0.05, 0.1) is 29.5 Å². The molecule has 2 aliphatic heterocycles. The van der Waals surface area contributed by atoms with Crippen molar-refractivity contribution in [3.8, 4) is 0 Å². The molecule has 0 aliphatic carbocycles. The molecule has 2 aromatic rings. The fraction of sp³-hybridized carbons (Fsp3) is 0.562. The van der Waals surface area contributed by atoms with Gasteiger partial charge >= 0.3 is 0 Å². The van der Waals surface area contributed by atoms with E-state index in [-0.39, 0.29) is 12.0 Å². The molecule has 4 heterocycles. The first kappa shape index (κ1) is 14.8. The Morgan fingerprint density at radius 2 is 2.43 bits per heavy atom. The van der Waals surface area contributed by atoms with Crippen LogP contribution in [0.4, 0.5) is 0 Å². The zero-order chi connectivity index (χ0) is 15.8. The van der Waals surface area contributed by atoms with Crippen LogP contribution in [-0.2, 0) is 11.2 Å². The molecule has 2 aliphatic rings. The summed E-state index contributed by atoms with van der Waals surface area (Å²) >= 11 is 1.71. The van der Waals surface area contributed by atoms with Crippen molar-refractivity contribution in [2.75, 3.05) is 19.7 Å². The third-order valence-corrected chi connectivity index (χ3v) is 5.79. The highest BCUT2D eigenvalue weighted by Crippen LogP contribution is 2.36. The summed E-state index contributed by atoms with van der Waals surface area (Å²) in [5.41, 5.74) is 1.60. The van der Waals surface area contributed by atoms with Gasteiger partial charge in [-0.2, -0.15) is 0 Å². The number of aryl methyl sites for hydroxylation is 1. The maximum absolute atomic E-state index is 12.4. The lowest BCUT2D eigenvalue weighted by atomic mass is 9.83. The van der Waals surface area contributed by atoms with Crippen molar-refractivity contribution >= 4 is 17.2 Å². The Morgan fingerprint density at radius 1 is 1.52 bits per heavy atom. The van der Waals surface area contributed by atoms with Crippen LogP contribution in [0, 0.1) is 18.8 Å². The zero-order valence-electron chi connectivity index (χ0n) is 13.0. The summed E-state index contributed by atoms with van der Waals surface area (Å²) < 4.78 is 10.8. The zero-order valence-corrected chi connectivity index (χ0v) is 13.8. The number of rotatable bonds is 3. The van der Waals surface area contributed by atoms with E-state index in [0.29, 0.717) is 17.4 Å². The van der Waals surface area contributed by atoms with E-state index in [9.17, 15) is 4.79 Å². The van der Waals surface area contributed by atoms with Gasteiger partial charge in [0.2, 0.25) is 0 Å². The maximum Gasteiger partial charge on any atom is 0.258 e. The number of fused-ring (bicyclic) bond motifs is 1. The molecule has 6 nitrogen and oxygen atoms in total. The van der Waals surface area contributed by atoms with Gasteiger partial charge in [0.25, 0.3) is 5.91 Å². The number of thiazole rings is 1. The molecule has 0 aromatic carbocycles. The van der Waals surface area contributed by atoms with E-state index in [2.05, 4.69) is 15.5 Å². The van der Waals surface area contributed by atoms with Gasteiger partial charge < -0.3 is 14.2 Å². The van der Waals surface area contributed by atoms with Crippen molar-refractivity contribution in [3.63, 3.8) is 0 Å². The second-order valence-electron chi connectivity index (χ2n) is 6.34. The number of likely N-dealkylation sites (tertiary alicyclic amines) is 1. The number of hydrogen-bond donors (Lipinski definition) is 0. The second-order valence-corrected chi connectivity index (χ2v) is 7.28. The lowest BCUT2D eigenvalue weighted by Crippen LogP contribution is -2.44. The summed E-state index contributed by atoms with van der Waals surface area (Å²) in [6.07, 6.45) is 4.99. The molecule has 0 radical (unpaired) electrons. The molecule has 0 saturated carbocycles. The minimum atomic E-state index is 0.00342. The molecular formula is C16H19N3O3S. The summed E-state index contributed by atoms with van der Waals surface area (Å²) in [5.74, 6) is 0.938. The predicted octanol–water partition coefficient (Wildman–Crippen LogP) is 2.16. The number of piperidine rings is 1. The maximum atomic E-state index is 12.4. The highest BCUT2D eigenvalue weighted by Gasteiger charge is 2.42. The fourth-order valence-electron chi connectivity index (χ4n) is 3.64. The lowest BCUT2D eigenvalue weighted by Gasteiger charge is -2.35. The number of aromatic nitrogens is 2. The van der Waals surface area contributed by atoms with Crippen molar-refractivity contribution in [2.45, 2.75) is 25.9 Å². The van der Waals surface area contributed by atoms with Crippen LogP contribution in [0.1, 0.15) is 27.5 Å². The van der Waals surface area contributed by atoms with Crippen LogP contribution in [0.5, 0.6) is 0 Å². The Balaban J connectivity index is 1.39. The van der Waals surface area contributed by atoms with Gasteiger partial charge in [-0.05, 0) is 19.3 Å². The van der Waals surface area contributed by atoms with Crippen LogP contribution in [-0.4, -0.2) is 46.7 Å². The molecule has 0 N–H and O–H groups in total. The molecule has 3 atom stereocenters. The van der Waals surface area contributed by atoms with Crippen molar-refractivity contribution in [1.29, 1.82) is 0 Å². The van der Waals surface area contributed by atoms with Crippen molar-refractivity contribution in [2.24, 2.45) is 11.8 Å². The molecule has 7 heteroatoms. The van der Waals surface area contributed by atoms with Gasteiger partial charge in [0.1, 0.15) is 6.26 Å². The number of ether oxygens (including phenoxy) is 1. The van der Waals surface area contributed by atoms with Gasteiger partial charge in [0, 0.05) is 36.5 Å². The van der Waals surface area contributed by atoms with E-state index in [0.717, 1.165) is 43.2 Å². The quantitative estimate of drug-likeness (QED) is 0.861. The first-order chi connectivity index (χ1) is 11.2. The van der Waals surface area contributed by atoms with Crippen LogP contribution in [0.3, 0.4) is 0 Å². The van der Waals surface area contributed by atoms with Gasteiger partial charge in [-0.15, -0.1) is 11.3 Å². The first-order valence-electron chi connectivity index (χ1n) is 7.92. The highest BCUT2D eigenvalue weighted by atomic mass is 32.1. The SMILES string of the molecule is Cc1csc(C[C@H]2OC[C@H]3CN(C(=O)c4cnoc4)CC[C@H]32)n1. The van der Waals surface area contributed by atoms with Gasteiger partial charge in [-0.3, -0.25) is 4.79 Å².